The first kappa shape index (κ1) is 102. The molecule has 18 heteroatoms. The van der Waals surface area contributed by atoms with Gasteiger partial charge in [0.05, 0.1) is 26.4 Å². The number of hydrogen-bond acceptors (Lipinski definition) is 14. The molecule has 0 bridgehead atoms. The number of allylic oxidation sites excluding steroid dienone is 28. The number of rotatable bonds is 77. The summed E-state index contributed by atoms with van der Waals surface area (Å²) in [5, 5.41) is 20.7. The SMILES string of the molecule is CC/C=C\C/C=C\C/C=C\C/C=C\C/C=C\C/C=C\CCCCCCCCCCCCCCCCC(=O)OCC(O)COP(=O)(O)OCC(O)COP(=O)(O)OCC(COC(=O)CCCCCCCCC/C=C\C/C=C\C/C=C\C/C=C\C/C=C\CC)OC(=O)CCCCCCC/C=C\C/C=C\C/C=C\CC. The Hall–Kier alpha value is -5.09. The van der Waals surface area contributed by atoms with Crippen molar-refractivity contribution in [2.24, 2.45) is 0 Å². The highest BCUT2D eigenvalue weighted by molar-refractivity contribution is 7.47. The fourth-order valence-corrected chi connectivity index (χ4v) is 12.3. The topological polar surface area (TPSA) is 231 Å². The van der Waals surface area contributed by atoms with Gasteiger partial charge in [-0.3, -0.25) is 32.5 Å². The van der Waals surface area contributed by atoms with Crippen LogP contribution in [0.4, 0.5) is 0 Å². The predicted octanol–water partition coefficient (Wildman–Crippen LogP) is 24.8. The van der Waals surface area contributed by atoms with E-state index in [0.717, 1.165) is 193 Å². The lowest BCUT2D eigenvalue weighted by Gasteiger charge is -2.21. The zero-order valence-corrected chi connectivity index (χ0v) is 68.5. The van der Waals surface area contributed by atoms with Gasteiger partial charge in [0.25, 0.3) is 0 Å². The molecule has 0 fully saturated rings. The van der Waals surface area contributed by atoms with Gasteiger partial charge in [-0.25, -0.2) is 9.13 Å². The van der Waals surface area contributed by atoms with Crippen molar-refractivity contribution < 1.29 is 75.8 Å². The van der Waals surface area contributed by atoms with E-state index in [0.29, 0.717) is 19.3 Å². The van der Waals surface area contributed by atoms with Crippen molar-refractivity contribution >= 4 is 33.6 Å². The summed E-state index contributed by atoms with van der Waals surface area (Å²) >= 11 is 0. The molecule has 0 rings (SSSR count). The van der Waals surface area contributed by atoms with Gasteiger partial charge in [-0.2, -0.15) is 0 Å². The molecule has 0 aliphatic carbocycles. The quantitative estimate of drug-likeness (QED) is 0.0146. The van der Waals surface area contributed by atoms with Crippen LogP contribution in [0.15, 0.2) is 170 Å². The van der Waals surface area contributed by atoms with Gasteiger partial charge in [0.2, 0.25) is 0 Å². The van der Waals surface area contributed by atoms with Crippen LogP contribution >= 0.6 is 15.6 Å². The summed E-state index contributed by atoms with van der Waals surface area (Å²) in [5.41, 5.74) is 0. The van der Waals surface area contributed by atoms with Crippen LogP contribution in [0.3, 0.4) is 0 Å². The smallest absolute Gasteiger partial charge is 0.463 e. The number of unbranched alkanes of at least 4 members (excludes halogenated alkanes) is 26. The molecule has 0 aromatic rings. The van der Waals surface area contributed by atoms with Gasteiger partial charge in [0.15, 0.2) is 6.10 Å². The van der Waals surface area contributed by atoms with Crippen LogP contribution in [-0.4, -0.2) is 95.9 Å². The lowest BCUT2D eigenvalue weighted by atomic mass is 10.0. The molecular formula is C89H148O16P2. The molecule has 0 saturated carbocycles. The van der Waals surface area contributed by atoms with Crippen molar-refractivity contribution in [1.29, 1.82) is 0 Å². The number of aliphatic hydroxyl groups is 2. The van der Waals surface area contributed by atoms with E-state index < -0.39 is 91.5 Å². The molecule has 0 amide bonds. The van der Waals surface area contributed by atoms with E-state index in [1.807, 2.05) is 0 Å². The molecule has 16 nitrogen and oxygen atoms in total. The summed E-state index contributed by atoms with van der Waals surface area (Å²) in [6.45, 7) is 2.31. The van der Waals surface area contributed by atoms with Crippen LogP contribution in [-0.2, 0) is 55.8 Å². The lowest BCUT2D eigenvalue weighted by Crippen LogP contribution is -2.30. The lowest BCUT2D eigenvalue weighted by molar-refractivity contribution is -0.161. The Morgan fingerprint density at radius 1 is 0.262 bits per heavy atom. The second-order valence-electron chi connectivity index (χ2n) is 27.1. The van der Waals surface area contributed by atoms with E-state index in [2.05, 4.69) is 191 Å². The maximum Gasteiger partial charge on any atom is 0.472 e. The van der Waals surface area contributed by atoms with Crippen molar-refractivity contribution in [3.8, 4) is 0 Å². The third-order valence-corrected chi connectivity index (χ3v) is 18.8. The second kappa shape index (κ2) is 80.4. The summed E-state index contributed by atoms with van der Waals surface area (Å²) < 4.78 is 61.2. The van der Waals surface area contributed by atoms with E-state index in [1.165, 1.54) is 64.2 Å². The summed E-state index contributed by atoms with van der Waals surface area (Å²) in [5.74, 6) is -1.61. The number of carbonyl (C=O) groups excluding carboxylic acids is 3. The molecule has 0 aromatic heterocycles. The number of aliphatic hydroxyl groups excluding tert-OH is 2. The number of carbonyl (C=O) groups is 3. The van der Waals surface area contributed by atoms with E-state index in [1.54, 1.807) is 0 Å². The molecule has 0 aliphatic rings. The van der Waals surface area contributed by atoms with Crippen LogP contribution in [0.25, 0.3) is 0 Å². The normalized spacial score (nSPS) is 14.8. The summed E-state index contributed by atoms with van der Waals surface area (Å²) in [6, 6.07) is 0. The van der Waals surface area contributed by atoms with Crippen LogP contribution < -0.4 is 0 Å². The highest BCUT2D eigenvalue weighted by atomic mass is 31.2. The van der Waals surface area contributed by atoms with Crippen molar-refractivity contribution in [2.75, 3.05) is 39.6 Å². The number of hydrogen-bond donors (Lipinski definition) is 4. The Balaban J connectivity index is 4.50. The third kappa shape index (κ3) is 81.7. The number of phosphoric ester groups is 2. The van der Waals surface area contributed by atoms with Crippen LogP contribution in [0.5, 0.6) is 0 Å². The van der Waals surface area contributed by atoms with Gasteiger partial charge >= 0.3 is 33.6 Å². The Labute approximate surface area is 650 Å². The molecule has 107 heavy (non-hydrogen) atoms. The van der Waals surface area contributed by atoms with Crippen molar-refractivity contribution in [1.82, 2.24) is 0 Å². The van der Waals surface area contributed by atoms with Crippen molar-refractivity contribution in [3.05, 3.63) is 170 Å². The minimum Gasteiger partial charge on any atom is -0.463 e. The first-order valence-electron chi connectivity index (χ1n) is 41.4. The van der Waals surface area contributed by atoms with Crippen LogP contribution in [0, 0.1) is 0 Å². The van der Waals surface area contributed by atoms with Gasteiger partial charge in [-0.1, -0.05) is 319 Å². The molecule has 0 heterocycles. The van der Waals surface area contributed by atoms with E-state index >= 15 is 0 Å². The molecule has 0 aliphatic heterocycles. The largest absolute Gasteiger partial charge is 0.472 e. The van der Waals surface area contributed by atoms with Crippen LogP contribution in [0.1, 0.15) is 316 Å². The van der Waals surface area contributed by atoms with Gasteiger partial charge < -0.3 is 34.2 Å². The highest BCUT2D eigenvalue weighted by Crippen LogP contribution is 2.45. The number of phosphoric acid groups is 2. The van der Waals surface area contributed by atoms with Crippen LogP contribution in [0.2, 0.25) is 0 Å². The van der Waals surface area contributed by atoms with Crippen molar-refractivity contribution in [3.63, 3.8) is 0 Å². The number of esters is 3. The zero-order valence-electron chi connectivity index (χ0n) is 66.7. The molecule has 0 radical (unpaired) electrons. The zero-order chi connectivity index (χ0) is 78.0. The van der Waals surface area contributed by atoms with Gasteiger partial charge in [0, 0.05) is 19.3 Å². The highest BCUT2D eigenvalue weighted by Gasteiger charge is 2.29. The summed E-state index contributed by atoms with van der Waals surface area (Å²) in [4.78, 5) is 58.7. The standard InChI is InChI=1S/C89H148O16P2/c1-4-7-10-13-16-19-22-25-28-30-32-34-36-37-38-39-40-41-42-43-44-45-47-49-50-52-55-57-60-63-66-69-72-75-87(92)99-78-84(90)79-101-106(95,96)102-80-85(91)81-103-107(97,98)104-83-86(105-89(94)77-74-71-68-65-62-59-54-27-24-21-18-15-12-9-6-3)82-100-88(93)76-73-70-67-64-61-58-56-53-51-48-46-35-33-31-29-26-23-20-17-14-11-8-5-2/h7-12,16-21,25-29,32-35,37-38,40-41,48,51,54,84-86,90-91H,4-6,13-15,22-24,30-31,36,39,42-47,49-50,52-53,55-83H2,1-3H3,(H,95,96)(H,97,98)/b10-7-,11-8-,12-9-,19-16-,20-17-,21-18-,28-25-,29-26-,34-32-,35-33-,38-37-,41-40-,51-48-,54-27-. The summed E-state index contributed by atoms with van der Waals surface area (Å²) in [7, 11) is -9.81. The monoisotopic (exact) mass is 1540 g/mol. The molecule has 5 unspecified atom stereocenters. The Morgan fingerprint density at radius 2 is 0.467 bits per heavy atom. The van der Waals surface area contributed by atoms with E-state index in [9.17, 15) is 43.5 Å². The Kier molecular flexibility index (Phi) is 76.6. The molecule has 5 atom stereocenters. The Bertz CT molecular complexity index is 2620. The van der Waals surface area contributed by atoms with Gasteiger partial charge in [0.1, 0.15) is 25.4 Å². The summed E-state index contributed by atoms with van der Waals surface area (Å²) in [6.07, 6.45) is 103. The average Bonchev–Trinajstić information content (AvgIpc) is 0.908. The average molecular weight is 1540 g/mol. The molecule has 4 N–H and O–H groups in total. The first-order valence-corrected chi connectivity index (χ1v) is 44.4. The predicted molar refractivity (Wildman–Crippen MR) is 445 cm³/mol. The molecule has 0 saturated heterocycles. The van der Waals surface area contributed by atoms with E-state index in [4.69, 9.17) is 32.3 Å². The Morgan fingerprint density at radius 3 is 0.738 bits per heavy atom. The minimum absolute atomic E-state index is 0.0778. The maximum absolute atomic E-state index is 13.0. The molecular weight excluding hydrogens is 1390 g/mol. The molecule has 0 aromatic carbocycles. The van der Waals surface area contributed by atoms with Crippen molar-refractivity contribution in [2.45, 2.75) is 334 Å². The fourth-order valence-electron chi connectivity index (χ4n) is 10.7. The maximum atomic E-state index is 13.0. The molecule has 0 spiro atoms. The third-order valence-electron chi connectivity index (χ3n) is 16.9. The van der Waals surface area contributed by atoms with Gasteiger partial charge in [-0.05, 0) is 148 Å². The molecule has 610 valence electrons. The fraction of sp³-hybridized carbons (Fsp3) is 0.652. The first-order chi connectivity index (χ1) is 52.2. The number of ether oxygens (including phenoxy) is 3. The second-order valence-corrected chi connectivity index (χ2v) is 30.0. The van der Waals surface area contributed by atoms with Gasteiger partial charge in [-0.15, -0.1) is 0 Å². The van der Waals surface area contributed by atoms with E-state index in [-0.39, 0.29) is 19.3 Å². The minimum atomic E-state index is -4.94.